The van der Waals surface area contributed by atoms with E-state index < -0.39 is 0 Å². The molecular weight excluding hydrogens is 254 g/mol. The van der Waals surface area contributed by atoms with Gasteiger partial charge in [0.15, 0.2) is 0 Å². The van der Waals surface area contributed by atoms with Crippen LogP contribution < -0.4 is 5.32 Å². The number of methoxy groups -OCH3 is 1. The molecule has 0 amide bonds. The van der Waals surface area contributed by atoms with Gasteiger partial charge in [0.25, 0.3) is 0 Å². The molecule has 0 spiro atoms. The summed E-state index contributed by atoms with van der Waals surface area (Å²) in [6.07, 6.45) is 4.35. The molecule has 0 radical (unpaired) electrons. The highest BCUT2D eigenvalue weighted by atomic mass is 16.5. The molecule has 0 aromatic heterocycles. The van der Waals surface area contributed by atoms with Crippen molar-refractivity contribution < 1.29 is 9.53 Å². The van der Waals surface area contributed by atoms with Crippen LogP contribution in [-0.2, 0) is 9.53 Å². The summed E-state index contributed by atoms with van der Waals surface area (Å²) >= 11 is 0. The largest absolute Gasteiger partial charge is 0.468 e. The van der Waals surface area contributed by atoms with Gasteiger partial charge in [-0.15, -0.1) is 0 Å². The third-order valence-corrected chi connectivity index (χ3v) is 3.64. The Hall–Kier alpha value is -0.650. The van der Waals surface area contributed by atoms with Gasteiger partial charge >= 0.3 is 5.97 Å². The average molecular weight is 285 g/mol. The minimum absolute atomic E-state index is 0.124. The van der Waals surface area contributed by atoms with Gasteiger partial charge in [0.1, 0.15) is 6.04 Å². The lowest BCUT2D eigenvalue weighted by atomic mass is 10.2. The number of carbonyl (C=O) groups is 1. The number of esters is 1. The molecule has 0 aromatic carbocycles. The van der Waals surface area contributed by atoms with Gasteiger partial charge < -0.3 is 19.9 Å². The zero-order chi connectivity index (χ0) is 15.0. The van der Waals surface area contributed by atoms with Crippen molar-refractivity contribution >= 4 is 5.97 Å². The van der Waals surface area contributed by atoms with E-state index in [1.807, 2.05) is 0 Å². The SMILES string of the molecule is CCCN(CCC(NC1CC1)C(=O)OC)CCN(C)C. The quantitative estimate of drug-likeness (QED) is 0.573. The second-order valence-corrected chi connectivity index (χ2v) is 5.95. The van der Waals surface area contributed by atoms with Crippen molar-refractivity contribution in [3.63, 3.8) is 0 Å². The summed E-state index contributed by atoms with van der Waals surface area (Å²) in [5.74, 6) is -0.124. The summed E-state index contributed by atoms with van der Waals surface area (Å²) < 4.78 is 4.90. The lowest BCUT2D eigenvalue weighted by Crippen LogP contribution is -2.42. The molecule has 1 aliphatic carbocycles. The number of nitrogens with one attached hydrogen (secondary N) is 1. The molecule has 1 atom stereocenters. The first-order valence-electron chi connectivity index (χ1n) is 7.77. The molecule has 1 fully saturated rings. The van der Waals surface area contributed by atoms with E-state index in [9.17, 15) is 4.79 Å². The number of carbonyl (C=O) groups excluding carboxylic acids is 1. The van der Waals surface area contributed by atoms with Crippen LogP contribution in [0.25, 0.3) is 0 Å². The highest BCUT2D eigenvalue weighted by molar-refractivity contribution is 5.75. The summed E-state index contributed by atoms with van der Waals surface area (Å²) in [7, 11) is 5.66. The Morgan fingerprint density at radius 1 is 1.25 bits per heavy atom. The number of nitrogens with zero attached hydrogens (tertiary/aromatic N) is 2. The lowest BCUT2D eigenvalue weighted by molar-refractivity contribution is -0.143. The van der Waals surface area contributed by atoms with Crippen molar-refractivity contribution in [2.24, 2.45) is 0 Å². The molecule has 0 bridgehead atoms. The molecule has 1 rings (SSSR count). The van der Waals surface area contributed by atoms with E-state index >= 15 is 0 Å². The lowest BCUT2D eigenvalue weighted by Gasteiger charge is -2.25. The molecule has 20 heavy (non-hydrogen) atoms. The van der Waals surface area contributed by atoms with Crippen molar-refractivity contribution in [3.8, 4) is 0 Å². The van der Waals surface area contributed by atoms with E-state index in [4.69, 9.17) is 4.74 Å². The van der Waals surface area contributed by atoms with Crippen LogP contribution in [0.4, 0.5) is 0 Å². The van der Waals surface area contributed by atoms with Crippen molar-refractivity contribution in [1.29, 1.82) is 0 Å². The van der Waals surface area contributed by atoms with Crippen LogP contribution in [0.1, 0.15) is 32.6 Å². The van der Waals surface area contributed by atoms with E-state index in [-0.39, 0.29) is 12.0 Å². The molecule has 1 N–H and O–H groups in total. The smallest absolute Gasteiger partial charge is 0.322 e. The van der Waals surface area contributed by atoms with Crippen LogP contribution in [-0.4, -0.2) is 75.2 Å². The predicted octanol–water partition coefficient (Wildman–Crippen LogP) is 0.944. The first-order valence-corrected chi connectivity index (χ1v) is 7.77. The van der Waals surface area contributed by atoms with Crippen LogP contribution in [0, 0.1) is 0 Å². The van der Waals surface area contributed by atoms with E-state index in [0.717, 1.165) is 39.0 Å². The minimum atomic E-state index is -0.147. The van der Waals surface area contributed by atoms with Crippen molar-refractivity contribution in [2.75, 3.05) is 47.4 Å². The van der Waals surface area contributed by atoms with Gasteiger partial charge in [-0.3, -0.25) is 4.79 Å². The highest BCUT2D eigenvalue weighted by Crippen LogP contribution is 2.20. The number of hydrogen-bond donors (Lipinski definition) is 1. The average Bonchev–Trinajstić information content (AvgIpc) is 3.23. The van der Waals surface area contributed by atoms with E-state index in [2.05, 4.69) is 36.1 Å². The van der Waals surface area contributed by atoms with Gasteiger partial charge in [-0.1, -0.05) is 6.92 Å². The number of rotatable bonds is 11. The Kier molecular flexibility index (Phi) is 8.11. The van der Waals surface area contributed by atoms with E-state index in [1.54, 1.807) is 0 Å². The number of ether oxygens (including phenoxy) is 1. The highest BCUT2D eigenvalue weighted by Gasteiger charge is 2.29. The van der Waals surface area contributed by atoms with Gasteiger partial charge in [-0.25, -0.2) is 0 Å². The van der Waals surface area contributed by atoms with E-state index in [1.165, 1.54) is 20.0 Å². The standard InChI is InChI=1S/C15H31N3O2/c1-5-9-18(12-11-17(2)3)10-8-14(15(19)20-4)16-13-6-7-13/h13-14,16H,5-12H2,1-4H3. The van der Waals surface area contributed by atoms with Crippen LogP contribution >= 0.6 is 0 Å². The van der Waals surface area contributed by atoms with Crippen LogP contribution in [0.5, 0.6) is 0 Å². The molecule has 5 nitrogen and oxygen atoms in total. The van der Waals surface area contributed by atoms with Crippen molar-refractivity contribution in [3.05, 3.63) is 0 Å². The predicted molar refractivity (Wildman–Crippen MR) is 81.9 cm³/mol. The van der Waals surface area contributed by atoms with Gasteiger partial charge in [-0.2, -0.15) is 0 Å². The second kappa shape index (κ2) is 9.32. The van der Waals surface area contributed by atoms with Crippen molar-refractivity contribution in [1.82, 2.24) is 15.1 Å². The maximum Gasteiger partial charge on any atom is 0.322 e. The maximum atomic E-state index is 11.8. The van der Waals surface area contributed by atoms with Crippen molar-refractivity contribution in [2.45, 2.75) is 44.7 Å². The molecular formula is C15H31N3O2. The maximum absolute atomic E-state index is 11.8. The molecule has 0 heterocycles. The van der Waals surface area contributed by atoms with Gasteiger partial charge in [-0.05, 0) is 46.3 Å². The Bertz CT molecular complexity index is 280. The first kappa shape index (κ1) is 17.4. The summed E-state index contributed by atoms with van der Waals surface area (Å²) in [5, 5.41) is 3.39. The summed E-state index contributed by atoms with van der Waals surface area (Å²) in [4.78, 5) is 16.4. The molecule has 0 aromatic rings. The topological polar surface area (TPSA) is 44.8 Å². The van der Waals surface area contributed by atoms with Gasteiger partial charge in [0, 0.05) is 25.7 Å². The third-order valence-electron chi connectivity index (χ3n) is 3.64. The first-order chi connectivity index (χ1) is 9.56. The number of hydrogen-bond acceptors (Lipinski definition) is 5. The van der Waals surface area contributed by atoms with E-state index in [0.29, 0.717) is 6.04 Å². The monoisotopic (exact) mass is 285 g/mol. The van der Waals surface area contributed by atoms with Crippen LogP contribution in [0.2, 0.25) is 0 Å². The molecule has 1 aliphatic rings. The molecule has 1 unspecified atom stereocenters. The Balaban J connectivity index is 2.37. The molecule has 118 valence electrons. The van der Waals surface area contributed by atoms with Crippen LogP contribution in [0.3, 0.4) is 0 Å². The second-order valence-electron chi connectivity index (χ2n) is 5.95. The van der Waals surface area contributed by atoms with Gasteiger partial charge in [0.2, 0.25) is 0 Å². The Morgan fingerprint density at radius 3 is 2.45 bits per heavy atom. The summed E-state index contributed by atoms with van der Waals surface area (Å²) in [5.41, 5.74) is 0. The number of likely N-dealkylation sites (N-methyl/N-ethyl adjacent to an activating group) is 1. The molecule has 5 heteroatoms. The summed E-state index contributed by atoms with van der Waals surface area (Å²) in [6, 6.07) is 0.381. The summed E-state index contributed by atoms with van der Waals surface area (Å²) in [6.45, 7) is 6.34. The molecule has 0 aliphatic heterocycles. The molecule has 0 saturated heterocycles. The fraction of sp³-hybridized carbons (Fsp3) is 0.933. The Morgan fingerprint density at radius 2 is 1.95 bits per heavy atom. The normalized spacial score (nSPS) is 16.7. The fourth-order valence-electron chi connectivity index (χ4n) is 2.25. The zero-order valence-corrected chi connectivity index (χ0v) is 13.5. The fourth-order valence-corrected chi connectivity index (χ4v) is 2.25. The zero-order valence-electron chi connectivity index (χ0n) is 13.5. The van der Waals surface area contributed by atoms with Gasteiger partial charge in [0.05, 0.1) is 7.11 Å². The third kappa shape index (κ3) is 7.22. The molecule has 1 saturated carbocycles. The Labute approximate surface area is 123 Å². The minimum Gasteiger partial charge on any atom is -0.468 e. The van der Waals surface area contributed by atoms with Crippen LogP contribution in [0.15, 0.2) is 0 Å².